The van der Waals surface area contributed by atoms with Gasteiger partial charge in [-0.3, -0.25) is 9.59 Å². The maximum absolute atomic E-state index is 12.5. The quantitative estimate of drug-likeness (QED) is 0.855. The third kappa shape index (κ3) is 2.78. The smallest absolute Gasteiger partial charge is 0.270 e. The van der Waals surface area contributed by atoms with Gasteiger partial charge in [0.2, 0.25) is 0 Å². The van der Waals surface area contributed by atoms with Gasteiger partial charge in [0.05, 0.1) is 4.47 Å². The zero-order valence-electron chi connectivity index (χ0n) is 11.5. The van der Waals surface area contributed by atoms with E-state index in [1.165, 1.54) is 5.56 Å². The summed E-state index contributed by atoms with van der Waals surface area (Å²) in [6.45, 7) is 1.80. The fourth-order valence-electron chi connectivity index (χ4n) is 2.57. The molecule has 0 N–H and O–H groups in total. The van der Waals surface area contributed by atoms with Crippen LogP contribution in [-0.2, 0) is 13.0 Å². The van der Waals surface area contributed by atoms with E-state index in [0.717, 1.165) is 6.42 Å². The molecule has 0 bridgehead atoms. The molecule has 21 heavy (non-hydrogen) atoms. The number of benzene rings is 1. The summed E-state index contributed by atoms with van der Waals surface area (Å²) in [5, 5.41) is 0. The van der Waals surface area contributed by atoms with Gasteiger partial charge in [-0.1, -0.05) is 30.3 Å². The summed E-state index contributed by atoms with van der Waals surface area (Å²) >= 11 is 3.21. The highest BCUT2D eigenvalue weighted by molar-refractivity contribution is 9.10. The van der Waals surface area contributed by atoms with Gasteiger partial charge in [0.25, 0.3) is 11.5 Å². The fraction of sp³-hybridized carbons (Fsp3) is 0.250. The molecule has 4 nitrogen and oxygen atoms in total. The molecule has 0 saturated carbocycles. The van der Waals surface area contributed by atoms with Crippen LogP contribution in [0.4, 0.5) is 0 Å². The lowest BCUT2D eigenvalue weighted by molar-refractivity contribution is 0.0702. The first-order valence-electron chi connectivity index (χ1n) is 6.89. The molecule has 0 saturated heterocycles. The molecule has 0 radical (unpaired) electrons. The predicted octanol–water partition coefficient (Wildman–Crippen LogP) is 2.31. The van der Waals surface area contributed by atoms with Crippen LogP contribution in [-0.4, -0.2) is 28.5 Å². The Balaban J connectivity index is 1.77. The second-order valence-corrected chi connectivity index (χ2v) is 5.91. The Kier molecular flexibility index (Phi) is 3.92. The highest BCUT2D eigenvalue weighted by Gasteiger charge is 2.25. The Bertz CT molecular complexity index is 725. The molecule has 0 unspecified atom stereocenters. The van der Waals surface area contributed by atoms with E-state index in [1.807, 2.05) is 23.1 Å². The van der Waals surface area contributed by atoms with E-state index in [9.17, 15) is 9.59 Å². The molecule has 108 valence electrons. The third-order valence-electron chi connectivity index (χ3n) is 3.74. The molecule has 3 rings (SSSR count). The SMILES string of the molecule is O=C1c2ccc(Br)c(=O)n2CCN1CCc1ccccc1. The highest BCUT2D eigenvalue weighted by atomic mass is 79.9. The number of fused-ring (bicyclic) bond motifs is 1. The van der Waals surface area contributed by atoms with Crippen molar-refractivity contribution in [3.05, 3.63) is 68.5 Å². The molecule has 0 atom stereocenters. The minimum Gasteiger partial charge on any atom is -0.335 e. The van der Waals surface area contributed by atoms with Gasteiger partial charge in [0.15, 0.2) is 0 Å². The molecule has 2 heterocycles. The average molecular weight is 347 g/mol. The number of halogens is 1. The van der Waals surface area contributed by atoms with Gasteiger partial charge in [-0.2, -0.15) is 0 Å². The third-order valence-corrected chi connectivity index (χ3v) is 4.34. The summed E-state index contributed by atoms with van der Waals surface area (Å²) < 4.78 is 2.04. The van der Waals surface area contributed by atoms with E-state index in [-0.39, 0.29) is 11.5 Å². The molecule has 1 aromatic heterocycles. The van der Waals surface area contributed by atoms with E-state index >= 15 is 0 Å². The Morgan fingerprint density at radius 1 is 1.00 bits per heavy atom. The number of carbonyl (C=O) groups is 1. The standard InChI is InChI=1S/C16H15BrN2O2/c17-13-6-7-14-16(21)18(10-11-19(14)15(13)20)9-8-12-4-2-1-3-5-12/h1-7H,8-11H2. The highest BCUT2D eigenvalue weighted by Crippen LogP contribution is 2.14. The zero-order chi connectivity index (χ0) is 14.8. The van der Waals surface area contributed by atoms with Gasteiger partial charge in [-0.25, -0.2) is 0 Å². The van der Waals surface area contributed by atoms with E-state index in [2.05, 4.69) is 28.1 Å². The van der Waals surface area contributed by atoms with Crippen LogP contribution in [0.1, 0.15) is 16.1 Å². The number of pyridine rings is 1. The lowest BCUT2D eigenvalue weighted by Gasteiger charge is -2.29. The molecule has 2 aromatic rings. The fourth-order valence-corrected chi connectivity index (χ4v) is 2.91. The minimum absolute atomic E-state index is 0.0678. The second-order valence-electron chi connectivity index (χ2n) is 5.05. The van der Waals surface area contributed by atoms with Crippen molar-refractivity contribution in [2.24, 2.45) is 0 Å². The summed E-state index contributed by atoms with van der Waals surface area (Å²) in [5.74, 6) is -0.0678. The van der Waals surface area contributed by atoms with Crippen molar-refractivity contribution in [2.45, 2.75) is 13.0 Å². The molecule has 1 amide bonds. The van der Waals surface area contributed by atoms with Crippen LogP contribution in [0.3, 0.4) is 0 Å². The van der Waals surface area contributed by atoms with Crippen molar-refractivity contribution >= 4 is 21.8 Å². The van der Waals surface area contributed by atoms with Crippen molar-refractivity contribution < 1.29 is 4.79 Å². The van der Waals surface area contributed by atoms with Crippen molar-refractivity contribution in [2.75, 3.05) is 13.1 Å². The van der Waals surface area contributed by atoms with Crippen LogP contribution in [0, 0.1) is 0 Å². The number of nitrogens with zero attached hydrogens (tertiary/aromatic N) is 2. The average Bonchev–Trinajstić information content (AvgIpc) is 2.51. The first-order chi connectivity index (χ1) is 10.2. The van der Waals surface area contributed by atoms with Crippen molar-refractivity contribution in [1.29, 1.82) is 0 Å². The number of hydrogen-bond donors (Lipinski definition) is 0. The molecule has 1 aliphatic heterocycles. The predicted molar refractivity (Wildman–Crippen MR) is 84.5 cm³/mol. The van der Waals surface area contributed by atoms with Crippen LogP contribution in [0.5, 0.6) is 0 Å². The van der Waals surface area contributed by atoms with Crippen LogP contribution < -0.4 is 5.56 Å². The van der Waals surface area contributed by atoms with E-state index in [4.69, 9.17) is 0 Å². The Morgan fingerprint density at radius 2 is 1.76 bits per heavy atom. The van der Waals surface area contributed by atoms with Crippen LogP contribution in [0.2, 0.25) is 0 Å². The Morgan fingerprint density at radius 3 is 2.52 bits per heavy atom. The lowest BCUT2D eigenvalue weighted by atomic mass is 10.1. The zero-order valence-corrected chi connectivity index (χ0v) is 13.0. The first-order valence-corrected chi connectivity index (χ1v) is 7.68. The van der Waals surface area contributed by atoms with Crippen LogP contribution in [0.15, 0.2) is 51.7 Å². The molecule has 0 spiro atoms. The number of rotatable bonds is 3. The summed E-state index contributed by atoms with van der Waals surface area (Å²) in [4.78, 5) is 26.3. The molecule has 1 aliphatic rings. The summed E-state index contributed by atoms with van der Waals surface area (Å²) in [6, 6.07) is 13.5. The summed E-state index contributed by atoms with van der Waals surface area (Å²) in [5.41, 5.74) is 1.55. The topological polar surface area (TPSA) is 42.3 Å². The van der Waals surface area contributed by atoms with Crippen molar-refractivity contribution in [3.63, 3.8) is 0 Å². The maximum Gasteiger partial charge on any atom is 0.270 e. The second kappa shape index (κ2) is 5.85. The Hall–Kier alpha value is -1.88. The van der Waals surface area contributed by atoms with Gasteiger partial charge in [-0.15, -0.1) is 0 Å². The lowest BCUT2D eigenvalue weighted by Crippen LogP contribution is -2.45. The number of aromatic nitrogens is 1. The van der Waals surface area contributed by atoms with Crippen molar-refractivity contribution in [3.8, 4) is 0 Å². The van der Waals surface area contributed by atoms with Crippen LogP contribution in [0.25, 0.3) is 0 Å². The van der Waals surface area contributed by atoms with E-state index in [0.29, 0.717) is 29.8 Å². The number of hydrogen-bond acceptors (Lipinski definition) is 2. The molecular weight excluding hydrogens is 332 g/mol. The van der Waals surface area contributed by atoms with E-state index < -0.39 is 0 Å². The normalized spacial score (nSPS) is 14.1. The first kappa shape index (κ1) is 14.1. The number of amides is 1. The molecule has 5 heteroatoms. The van der Waals surface area contributed by atoms with E-state index in [1.54, 1.807) is 16.7 Å². The molecule has 0 aliphatic carbocycles. The van der Waals surface area contributed by atoms with Gasteiger partial charge in [0, 0.05) is 19.6 Å². The molecule has 0 fully saturated rings. The summed E-state index contributed by atoms with van der Waals surface area (Å²) in [6.07, 6.45) is 0.827. The van der Waals surface area contributed by atoms with Gasteiger partial charge in [-0.05, 0) is 40.0 Å². The largest absolute Gasteiger partial charge is 0.335 e. The minimum atomic E-state index is -0.136. The van der Waals surface area contributed by atoms with Gasteiger partial charge in [0.1, 0.15) is 5.69 Å². The number of carbonyl (C=O) groups excluding carboxylic acids is 1. The van der Waals surface area contributed by atoms with Gasteiger partial charge < -0.3 is 9.47 Å². The summed E-state index contributed by atoms with van der Waals surface area (Å²) in [7, 11) is 0. The molecule has 1 aromatic carbocycles. The monoisotopic (exact) mass is 346 g/mol. The van der Waals surface area contributed by atoms with Crippen molar-refractivity contribution in [1.82, 2.24) is 9.47 Å². The van der Waals surface area contributed by atoms with Gasteiger partial charge >= 0.3 is 0 Å². The van der Waals surface area contributed by atoms with Crippen LogP contribution >= 0.6 is 15.9 Å². The maximum atomic E-state index is 12.5. The Labute approximate surface area is 131 Å². The molecular formula is C16H15BrN2O2.